The van der Waals surface area contributed by atoms with Crippen molar-refractivity contribution in [3.05, 3.63) is 0 Å². The molecule has 4 nitrogen and oxygen atoms in total. The van der Waals surface area contributed by atoms with Crippen LogP contribution in [0.1, 0.15) is 26.7 Å². The molecule has 0 aromatic carbocycles. The van der Waals surface area contributed by atoms with Crippen LogP contribution in [-0.4, -0.2) is 38.3 Å². The highest BCUT2D eigenvalue weighted by atomic mass is 16.5. The average Bonchev–Trinajstić information content (AvgIpc) is 2.27. The van der Waals surface area contributed by atoms with Crippen LogP contribution in [0, 0.1) is 5.92 Å². The van der Waals surface area contributed by atoms with E-state index in [2.05, 4.69) is 10.6 Å². The first-order valence-electron chi connectivity index (χ1n) is 5.83. The van der Waals surface area contributed by atoms with Crippen LogP contribution in [0.15, 0.2) is 0 Å². The number of piperidine rings is 1. The van der Waals surface area contributed by atoms with Gasteiger partial charge in [-0.15, -0.1) is 0 Å². The van der Waals surface area contributed by atoms with Crippen LogP contribution in [0.3, 0.4) is 0 Å². The van der Waals surface area contributed by atoms with E-state index in [1.54, 1.807) is 0 Å². The van der Waals surface area contributed by atoms with E-state index in [9.17, 15) is 4.79 Å². The molecule has 0 aromatic rings. The molecule has 0 spiro atoms. The molecule has 15 heavy (non-hydrogen) atoms. The van der Waals surface area contributed by atoms with Gasteiger partial charge in [0.25, 0.3) is 0 Å². The fraction of sp³-hybridized carbons (Fsp3) is 0.909. The van der Waals surface area contributed by atoms with Crippen LogP contribution in [0.2, 0.25) is 0 Å². The summed E-state index contributed by atoms with van der Waals surface area (Å²) >= 11 is 0. The van der Waals surface area contributed by atoms with Crippen LogP contribution in [0.4, 0.5) is 0 Å². The van der Waals surface area contributed by atoms with Crippen LogP contribution in [-0.2, 0) is 9.53 Å². The van der Waals surface area contributed by atoms with Gasteiger partial charge in [-0.2, -0.15) is 0 Å². The van der Waals surface area contributed by atoms with E-state index in [-0.39, 0.29) is 17.9 Å². The topological polar surface area (TPSA) is 50.4 Å². The normalized spacial score (nSPS) is 19.9. The van der Waals surface area contributed by atoms with Crippen LogP contribution in [0.5, 0.6) is 0 Å². The van der Waals surface area contributed by atoms with Gasteiger partial charge in [-0.05, 0) is 39.8 Å². The first kappa shape index (κ1) is 12.5. The summed E-state index contributed by atoms with van der Waals surface area (Å²) in [6, 6.07) is 0.118. The molecule has 2 N–H and O–H groups in total. The van der Waals surface area contributed by atoms with E-state index >= 15 is 0 Å². The minimum atomic E-state index is 0.118. The summed E-state index contributed by atoms with van der Waals surface area (Å²) in [6.07, 6.45) is 1.90. The number of hydrogen-bond acceptors (Lipinski definition) is 3. The minimum absolute atomic E-state index is 0.118. The summed E-state index contributed by atoms with van der Waals surface area (Å²) in [7, 11) is 0. The van der Waals surface area contributed by atoms with E-state index in [0.717, 1.165) is 25.9 Å². The van der Waals surface area contributed by atoms with Gasteiger partial charge in [0.1, 0.15) is 0 Å². The van der Waals surface area contributed by atoms with Gasteiger partial charge in [-0.3, -0.25) is 4.79 Å². The van der Waals surface area contributed by atoms with Crippen molar-refractivity contribution in [2.24, 2.45) is 5.92 Å². The molecule has 0 bridgehead atoms. The van der Waals surface area contributed by atoms with Crippen LogP contribution >= 0.6 is 0 Å². The van der Waals surface area contributed by atoms with Gasteiger partial charge in [0.15, 0.2) is 0 Å². The maximum absolute atomic E-state index is 11.8. The van der Waals surface area contributed by atoms with E-state index in [0.29, 0.717) is 13.2 Å². The smallest absolute Gasteiger partial charge is 0.223 e. The van der Waals surface area contributed by atoms with Gasteiger partial charge in [-0.1, -0.05) is 0 Å². The Labute approximate surface area is 91.8 Å². The van der Waals surface area contributed by atoms with Crippen molar-refractivity contribution in [3.63, 3.8) is 0 Å². The number of nitrogens with one attached hydrogen (secondary N) is 2. The second-order valence-corrected chi connectivity index (χ2v) is 4.09. The van der Waals surface area contributed by atoms with Crippen molar-refractivity contribution in [2.45, 2.75) is 32.7 Å². The Hall–Kier alpha value is -0.610. The second kappa shape index (κ2) is 6.80. The molecule has 1 atom stereocenters. The van der Waals surface area contributed by atoms with Crippen molar-refractivity contribution >= 4 is 5.91 Å². The third kappa shape index (κ3) is 4.62. The Morgan fingerprint density at radius 1 is 1.53 bits per heavy atom. The molecule has 1 saturated heterocycles. The van der Waals surface area contributed by atoms with Gasteiger partial charge in [0, 0.05) is 18.6 Å². The molecule has 1 heterocycles. The van der Waals surface area contributed by atoms with Gasteiger partial charge in [0.2, 0.25) is 5.91 Å². The molecular formula is C11H22N2O2. The Bertz CT molecular complexity index is 191. The fourth-order valence-electron chi connectivity index (χ4n) is 1.78. The molecule has 4 heteroatoms. The first-order chi connectivity index (χ1) is 7.24. The Morgan fingerprint density at radius 3 is 2.80 bits per heavy atom. The molecule has 1 aliphatic rings. The third-order valence-corrected chi connectivity index (χ3v) is 2.67. The molecule has 1 rings (SSSR count). The number of ether oxygens (including phenoxy) is 1. The number of rotatable bonds is 5. The lowest BCUT2D eigenvalue weighted by atomic mass is 9.97. The van der Waals surface area contributed by atoms with Crippen LogP contribution in [0.25, 0.3) is 0 Å². The van der Waals surface area contributed by atoms with Gasteiger partial charge < -0.3 is 15.4 Å². The molecular weight excluding hydrogens is 192 g/mol. The number of carbonyl (C=O) groups is 1. The quantitative estimate of drug-likeness (QED) is 0.702. The zero-order valence-electron chi connectivity index (χ0n) is 9.71. The molecule has 0 saturated carbocycles. The summed E-state index contributed by atoms with van der Waals surface area (Å²) in [6.45, 7) is 7.16. The van der Waals surface area contributed by atoms with Crippen LogP contribution < -0.4 is 10.6 Å². The van der Waals surface area contributed by atoms with Crippen molar-refractivity contribution in [2.75, 3.05) is 26.3 Å². The maximum Gasteiger partial charge on any atom is 0.223 e. The van der Waals surface area contributed by atoms with E-state index < -0.39 is 0 Å². The summed E-state index contributed by atoms with van der Waals surface area (Å²) in [5.41, 5.74) is 0. The first-order valence-corrected chi connectivity index (χ1v) is 5.83. The van der Waals surface area contributed by atoms with E-state index in [1.807, 2.05) is 13.8 Å². The molecule has 1 aliphatic heterocycles. The lowest BCUT2D eigenvalue weighted by Gasteiger charge is -2.23. The van der Waals surface area contributed by atoms with Crippen molar-refractivity contribution in [3.8, 4) is 0 Å². The number of carbonyl (C=O) groups excluding carboxylic acids is 1. The Morgan fingerprint density at radius 2 is 2.20 bits per heavy atom. The molecule has 1 unspecified atom stereocenters. The average molecular weight is 214 g/mol. The van der Waals surface area contributed by atoms with Gasteiger partial charge >= 0.3 is 0 Å². The minimum Gasteiger partial charge on any atom is -0.380 e. The van der Waals surface area contributed by atoms with Gasteiger partial charge in [-0.25, -0.2) is 0 Å². The monoisotopic (exact) mass is 214 g/mol. The van der Waals surface area contributed by atoms with E-state index in [4.69, 9.17) is 4.74 Å². The molecule has 0 aliphatic carbocycles. The van der Waals surface area contributed by atoms with Gasteiger partial charge in [0.05, 0.1) is 6.61 Å². The standard InChI is InChI=1S/C11H22N2O2/c1-3-15-8-9(2)13-11(14)10-4-6-12-7-5-10/h9-10,12H,3-8H2,1-2H3,(H,13,14). The third-order valence-electron chi connectivity index (χ3n) is 2.67. The molecule has 88 valence electrons. The lowest BCUT2D eigenvalue weighted by molar-refractivity contribution is -0.126. The molecule has 0 radical (unpaired) electrons. The Kier molecular flexibility index (Phi) is 5.65. The summed E-state index contributed by atoms with van der Waals surface area (Å²) in [5, 5.41) is 6.25. The molecule has 1 fully saturated rings. The second-order valence-electron chi connectivity index (χ2n) is 4.09. The zero-order chi connectivity index (χ0) is 11.1. The highest BCUT2D eigenvalue weighted by Crippen LogP contribution is 2.11. The maximum atomic E-state index is 11.8. The summed E-state index contributed by atoms with van der Waals surface area (Å²) < 4.78 is 5.26. The van der Waals surface area contributed by atoms with Crippen molar-refractivity contribution in [1.29, 1.82) is 0 Å². The predicted molar refractivity (Wildman–Crippen MR) is 59.7 cm³/mol. The molecule has 0 aromatic heterocycles. The Balaban J connectivity index is 2.21. The molecule has 1 amide bonds. The highest BCUT2D eigenvalue weighted by Gasteiger charge is 2.21. The largest absolute Gasteiger partial charge is 0.380 e. The highest BCUT2D eigenvalue weighted by molar-refractivity contribution is 5.79. The number of amides is 1. The number of hydrogen-bond donors (Lipinski definition) is 2. The van der Waals surface area contributed by atoms with E-state index in [1.165, 1.54) is 0 Å². The fourth-order valence-corrected chi connectivity index (χ4v) is 1.78. The summed E-state index contributed by atoms with van der Waals surface area (Å²) in [4.78, 5) is 11.8. The SMILES string of the molecule is CCOCC(C)NC(=O)C1CCNCC1. The summed E-state index contributed by atoms with van der Waals surface area (Å²) in [5.74, 6) is 0.374. The van der Waals surface area contributed by atoms with Crippen molar-refractivity contribution < 1.29 is 9.53 Å². The lowest BCUT2D eigenvalue weighted by Crippen LogP contribution is -2.43. The zero-order valence-corrected chi connectivity index (χ0v) is 9.71. The van der Waals surface area contributed by atoms with Crippen molar-refractivity contribution in [1.82, 2.24) is 10.6 Å². The predicted octanol–water partition coefficient (Wildman–Crippen LogP) is 0.527.